The molecule has 2 aromatic rings. The number of hydrogen-bond donors (Lipinski definition) is 1. The Morgan fingerprint density at radius 3 is 2.60 bits per heavy atom. The van der Waals surface area contributed by atoms with Crippen LogP contribution in [-0.2, 0) is 6.54 Å². The van der Waals surface area contributed by atoms with Crippen molar-refractivity contribution < 1.29 is 9.90 Å². The lowest BCUT2D eigenvalue weighted by molar-refractivity contribution is 0.0697. The van der Waals surface area contributed by atoms with E-state index in [0.717, 1.165) is 21.3 Å². The first-order chi connectivity index (χ1) is 9.49. The Morgan fingerprint density at radius 2 is 1.95 bits per heavy atom. The third kappa shape index (κ3) is 3.20. The number of carboxylic acids is 1. The molecule has 0 aliphatic carbocycles. The van der Waals surface area contributed by atoms with E-state index in [1.807, 2.05) is 55.3 Å². The van der Waals surface area contributed by atoms with Crippen LogP contribution >= 0.6 is 15.9 Å². The summed E-state index contributed by atoms with van der Waals surface area (Å²) in [5, 5.41) is 9.32. The normalized spacial score (nSPS) is 10.3. The lowest BCUT2D eigenvalue weighted by Gasteiger charge is -2.22. The van der Waals surface area contributed by atoms with Crippen molar-refractivity contribution in [3.63, 3.8) is 0 Å². The predicted octanol–water partition coefficient (Wildman–Crippen LogP) is 4.09. The summed E-state index contributed by atoms with van der Waals surface area (Å²) < 4.78 is 1.02. The molecule has 0 aliphatic rings. The van der Waals surface area contributed by atoms with Crippen LogP contribution in [0.1, 0.15) is 21.5 Å². The van der Waals surface area contributed by atoms with E-state index in [1.165, 1.54) is 0 Å². The molecule has 0 heterocycles. The number of halogens is 1. The van der Waals surface area contributed by atoms with Gasteiger partial charge in [-0.05, 0) is 30.7 Å². The molecular weight excluding hydrogens is 318 g/mol. The number of aromatic carboxylic acids is 1. The van der Waals surface area contributed by atoms with Crippen molar-refractivity contribution in [1.29, 1.82) is 0 Å². The summed E-state index contributed by atoms with van der Waals surface area (Å²) in [5.74, 6) is -0.900. The van der Waals surface area contributed by atoms with Crippen molar-refractivity contribution in [1.82, 2.24) is 0 Å². The highest BCUT2D eigenvalue weighted by molar-refractivity contribution is 9.10. The van der Waals surface area contributed by atoms with Crippen LogP contribution in [0.2, 0.25) is 0 Å². The van der Waals surface area contributed by atoms with Gasteiger partial charge in [0.15, 0.2) is 0 Å². The van der Waals surface area contributed by atoms with Gasteiger partial charge in [-0.15, -0.1) is 0 Å². The molecule has 3 nitrogen and oxygen atoms in total. The number of carboxylic acid groups (broad SMARTS) is 1. The zero-order valence-electron chi connectivity index (χ0n) is 11.4. The first kappa shape index (κ1) is 14.6. The molecule has 0 spiro atoms. The van der Waals surface area contributed by atoms with E-state index in [0.29, 0.717) is 12.1 Å². The van der Waals surface area contributed by atoms with Crippen LogP contribution in [0.25, 0.3) is 0 Å². The van der Waals surface area contributed by atoms with Gasteiger partial charge in [-0.2, -0.15) is 0 Å². The van der Waals surface area contributed by atoms with E-state index in [2.05, 4.69) is 15.9 Å². The van der Waals surface area contributed by atoms with Crippen LogP contribution in [0.3, 0.4) is 0 Å². The summed E-state index contributed by atoms with van der Waals surface area (Å²) in [5.41, 5.74) is 3.12. The molecule has 0 fully saturated rings. The molecule has 0 bridgehead atoms. The maximum Gasteiger partial charge on any atom is 0.337 e. The van der Waals surface area contributed by atoms with Gasteiger partial charge in [0.25, 0.3) is 0 Å². The number of anilines is 1. The van der Waals surface area contributed by atoms with Crippen molar-refractivity contribution in [2.75, 3.05) is 11.9 Å². The van der Waals surface area contributed by atoms with Crippen LogP contribution in [0, 0.1) is 6.92 Å². The fraction of sp³-hybridized carbons (Fsp3) is 0.188. The van der Waals surface area contributed by atoms with Gasteiger partial charge < -0.3 is 10.0 Å². The molecule has 0 atom stereocenters. The van der Waals surface area contributed by atoms with Gasteiger partial charge in [-0.1, -0.05) is 45.8 Å². The summed E-state index contributed by atoms with van der Waals surface area (Å²) in [6.45, 7) is 2.54. The molecule has 0 saturated heterocycles. The fourth-order valence-corrected chi connectivity index (χ4v) is 2.53. The Morgan fingerprint density at radius 1 is 1.25 bits per heavy atom. The number of carbonyl (C=O) groups is 1. The van der Waals surface area contributed by atoms with Crippen molar-refractivity contribution in [3.05, 3.63) is 63.6 Å². The first-order valence-electron chi connectivity index (χ1n) is 6.27. The zero-order chi connectivity index (χ0) is 14.7. The average molecular weight is 334 g/mol. The monoisotopic (exact) mass is 333 g/mol. The molecular formula is C16H16BrNO2. The quantitative estimate of drug-likeness (QED) is 0.915. The Balaban J connectivity index is 2.32. The Labute approximate surface area is 127 Å². The smallest absolute Gasteiger partial charge is 0.337 e. The highest BCUT2D eigenvalue weighted by Gasteiger charge is 2.14. The lowest BCUT2D eigenvalue weighted by Crippen LogP contribution is -2.19. The van der Waals surface area contributed by atoms with Gasteiger partial charge in [-0.25, -0.2) is 4.79 Å². The number of rotatable bonds is 4. The Bertz CT molecular complexity index is 640. The van der Waals surface area contributed by atoms with Gasteiger partial charge in [0.2, 0.25) is 0 Å². The van der Waals surface area contributed by atoms with Gasteiger partial charge in [0.05, 0.1) is 11.3 Å². The highest BCUT2D eigenvalue weighted by atomic mass is 79.9. The zero-order valence-corrected chi connectivity index (χ0v) is 13.0. The van der Waals surface area contributed by atoms with E-state index in [1.54, 1.807) is 6.07 Å². The second kappa shape index (κ2) is 6.09. The number of aryl methyl sites for hydroxylation is 1. The molecule has 0 unspecified atom stereocenters. The second-order valence-electron chi connectivity index (χ2n) is 4.77. The molecule has 0 amide bonds. The van der Waals surface area contributed by atoms with E-state index in [4.69, 9.17) is 0 Å². The van der Waals surface area contributed by atoms with Crippen LogP contribution in [0.5, 0.6) is 0 Å². The maximum atomic E-state index is 11.4. The minimum absolute atomic E-state index is 0.333. The molecule has 2 rings (SSSR count). The molecule has 0 radical (unpaired) electrons. The molecule has 1 N–H and O–H groups in total. The van der Waals surface area contributed by atoms with Gasteiger partial charge in [0, 0.05) is 18.1 Å². The summed E-state index contributed by atoms with van der Waals surface area (Å²) in [4.78, 5) is 13.3. The van der Waals surface area contributed by atoms with Gasteiger partial charge in [-0.3, -0.25) is 0 Å². The van der Waals surface area contributed by atoms with Crippen molar-refractivity contribution in [3.8, 4) is 0 Å². The van der Waals surface area contributed by atoms with E-state index in [-0.39, 0.29) is 0 Å². The first-order valence-corrected chi connectivity index (χ1v) is 7.07. The third-order valence-electron chi connectivity index (χ3n) is 3.16. The van der Waals surface area contributed by atoms with E-state index in [9.17, 15) is 9.90 Å². The van der Waals surface area contributed by atoms with Crippen LogP contribution in [0.15, 0.2) is 46.9 Å². The minimum atomic E-state index is -0.900. The molecule has 0 aromatic heterocycles. The Hall–Kier alpha value is -1.81. The van der Waals surface area contributed by atoms with Crippen LogP contribution in [0.4, 0.5) is 5.69 Å². The van der Waals surface area contributed by atoms with Crippen LogP contribution in [-0.4, -0.2) is 18.1 Å². The lowest BCUT2D eigenvalue weighted by atomic mass is 10.1. The summed E-state index contributed by atoms with van der Waals surface area (Å²) in [7, 11) is 1.90. The van der Waals surface area contributed by atoms with Crippen molar-refractivity contribution in [2.45, 2.75) is 13.5 Å². The van der Waals surface area contributed by atoms with Crippen molar-refractivity contribution in [2.24, 2.45) is 0 Å². The molecule has 0 aliphatic heterocycles. The standard InChI is InChI=1S/C16H16BrNO2/c1-11-7-8-15(13(9-11)16(19)20)18(2)10-12-5-3-4-6-14(12)17/h3-9H,10H2,1-2H3,(H,19,20). The largest absolute Gasteiger partial charge is 0.478 e. The Kier molecular flexibility index (Phi) is 4.45. The maximum absolute atomic E-state index is 11.4. The van der Waals surface area contributed by atoms with Crippen LogP contribution < -0.4 is 4.90 Å². The second-order valence-corrected chi connectivity index (χ2v) is 5.63. The van der Waals surface area contributed by atoms with E-state index >= 15 is 0 Å². The van der Waals surface area contributed by atoms with E-state index < -0.39 is 5.97 Å². The third-order valence-corrected chi connectivity index (χ3v) is 3.93. The topological polar surface area (TPSA) is 40.5 Å². The SMILES string of the molecule is Cc1ccc(N(C)Cc2ccccc2Br)c(C(=O)O)c1. The highest BCUT2D eigenvalue weighted by Crippen LogP contribution is 2.25. The minimum Gasteiger partial charge on any atom is -0.478 e. The van der Waals surface area contributed by atoms with Gasteiger partial charge >= 0.3 is 5.97 Å². The molecule has 104 valence electrons. The number of nitrogens with zero attached hydrogens (tertiary/aromatic N) is 1. The summed E-state index contributed by atoms with van der Waals surface area (Å²) >= 11 is 3.51. The molecule has 2 aromatic carbocycles. The van der Waals surface area contributed by atoms with Crippen molar-refractivity contribution >= 4 is 27.6 Å². The summed E-state index contributed by atoms with van der Waals surface area (Å²) in [6.07, 6.45) is 0. The fourth-order valence-electron chi connectivity index (χ4n) is 2.12. The number of benzene rings is 2. The van der Waals surface area contributed by atoms with Gasteiger partial charge in [0.1, 0.15) is 0 Å². The predicted molar refractivity (Wildman–Crippen MR) is 84.4 cm³/mol. The summed E-state index contributed by atoms with van der Waals surface area (Å²) in [6, 6.07) is 13.4. The number of hydrogen-bond acceptors (Lipinski definition) is 2. The molecule has 20 heavy (non-hydrogen) atoms. The molecule has 0 saturated carbocycles. The molecule has 4 heteroatoms. The average Bonchev–Trinajstić information content (AvgIpc) is 2.41.